The van der Waals surface area contributed by atoms with Crippen LogP contribution in [0.2, 0.25) is 5.02 Å². The Bertz CT molecular complexity index is 530. The van der Waals surface area contributed by atoms with Gasteiger partial charge in [0.15, 0.2) is 0 Å². The number of nitrogens with one attached hydrogen (secondary N) is 1. The molecule has 0 aromatic heterocycles. The minimum Gasteiger partial charge on any atom is -0.494 e. The van der Waals surface area contributed by atoms with Crippen molar-refractivity contribution in [3.8, 4) is 5.75 Å². The Kier molecular flexibility index (Phi) is 6.03. The van der Waals surface area contributed by atoms with Crippen LogP contribution < -0.4 is 15.8 Å². The van der Waals surface area contributed by atoms with E-state index in [-0.39, 0.29) is 12.3 Å². The van der Waals surface area contributed by atoms with Gasteiger partial charge in [-0.15, -0.1) is 0 Å². The number of aryl methyl sites for hydroxylation is 1. The van der Waals surface area contributed by atoms with E-state index in [0.717, 1.165) is 11.3 Å². The SMILES string of the molecule is Cc1cc(OCCCC(=O)NC(C)(C)C(N)=O)ccc1Cl. The molecule has 0 aliphatic heterocycles. The zero-order chi connectivity index (χ0) is 16.0. The molecule has 21 heavy (non-hydrogen) atoms. The first-order chi connectivity index (χ1) is 9.72. The van der Waals surface area contributed by atoms with E-state index in [0.29, 0.717) is 18.1 Å². The van der Waals surface area contributed by atoms with Crippen LogP contribution in [0, 0.1) is 6.92 Å². The number of ether oxygens (including phenoxy) is 1. The van der Waals surface area contributed by atoms with Gasteiger partial charge in [-0.1, -0.05) is 11.6 Å². The number of carbonyl (C=O) groups is 2. The molecule has 1 aromatic carbocycles. The van der Waals surface area contributed by atoms with Crippen LogP contribution in [0.1, 0.15) is 32.3 Å². The number of primary amides is 1. The van der Waals surface area contributed by atoms with Crippen molar-refractivity contribution in [2.24, 2.45) is 5.73 Å². The van der Waals surface area contributed by atoms with Gasteiger partial charge in [0.2, 0.25) is 11.8 Å². The highest BCUT2D eigenvalue weighted by molar-refractivity contribution is 6.31. The van der Waals surface area contributed by atoms with Gasteiger partial charge in [-0.2, -0.15) is 0 Å². The first-order valence-corrected chi connectivity index (χ1v) is 7.10. The average Bonchev–Trinajstić information content (AvgIpc) is 2.38. The Morgan fingerprint density at radius 1 is 1.38 bits per heavy atom. The standard InChI is InChI=1S/C15H21ClN2O3/c1-10-9-11(6-7-12(10)16)21-8-4-5-13(19)18-15(2,3)14(17)20/h6-7,9H,4-5,8H2,1-3H3,(H2,17,20)(H,18,19). The maximum Gasteiger partial charge on any atom is 0.242 e. The second-order valence-electron chi connectivity index (χ2n) is 5.40. The highest BCUT2D eigenvalue weighted by Crippen LogP contribution is 2.21. The summed E-state index contributed by atoms with van der Waals surface area (Å²) in [5.74, 6) is -0.0757. The quantitative estimate of drug-likeness (QED) is 0.757. The Hall–Kier alpha value is -1.75. The lowest BCUT2D eigenvalue weighted by atomic mass is 10.0. The van der Waals surface area contributed by atoms with E-state index < -0.39 is 11.4 Å². The number of halogens is 1. The Labute approximate surface area is 129 Å². The first kappa shape index (κ1) is 17.3. The lowest BCUT2D eigenvalue weighted by Crippen LogP contribution is -2.53. The second-order valence-corrected chi connectivity index (χ2v) is 5.81. The molecule has 116 valence electrons. The molecule has 0 atom stereocenters. The number of amides is 2. The molecule has 0 saturated heterocycles. The Balaban J connectivity index is 2.32. The Morgan fingerprint density at radius 3 is 2.62 bits per heavy atom. The summed E-state index contributed by atoms with van der Waals surface area (Å²) in [6, 6.07) is 5.40. The van der Waals surface area contributed by atoms with E-state index in [1.54, 1.807) is 26.0 Å². The van der Waals surface area contributed by atoms with Gasteiger partial charge < -0.3 is 15.8 Å². The van der Waals surface area contributed by atoms with Crippen LogP contribution in [0.4, 0.5) is 0 Å². The van der Waals surface area contributed by atoms with Crippen LogP contribution in [0.3, 0.4) is 0 Å². The smallest absolute Gasteiger partial charge is 0.242 e. The predicted molar refractivity (Wildman–Crippen MR) is 82.3 cm³/mol. The van der Waals surface area contributed by atoms with Crippen molar-refractivity contribution >= 4 is 23.4 Å². The summed E-state index contributed by atoms with van der Waals surface area (Å²) in [6.07, 6.45) is 0.811. The number of hydrogen-bond acceptors (Lipinski definition) is 3. The van der Waals surface area contributed by atoms with Crippen molar-refractivity contribution in [1.82, 2.24) is 5.32 Å². The topological polar surface area (TPSA) is 81.4 Å². The highest BCUT2D eigenvalue weighted by atomic mass is 35.5. The molecular weight excluding hydrogens is 292 g/mol. The second kappa shape index (κ2) is 7.31. The van der Waals surface area contributed by atoms with Crippen molar-refractivity contribution in [2.75, 3.05) is 6.61 Å². The van der Waals surface area contributed by atoms with Crippen LogP contribution in [-0.4, -0.2) is 24.0 Å². The summed E-state index contributed by atoms with van der Waals surface area (Å²) < 4.78 is 5.54. The molecule has 1 aromatic rings. The molecule has 0 saturated carbocycles. The molecule has 0 bridgehead atoms. The van der Waals surface area contributed by atoms with E-state index in [4.69, 9.17) is 22.1 Å². The maximum absolute atomic E-state index is 11.7. The van der Waals surface area contributed by atoms with Crippen molar-refractivity contribution in [3.63, 3.8) is 0 Å². The van der Waals surface area contributed by atoms with Gasteiger partial charge in [-0.3, -0.25) is 9.59 Å². The average molecular weight is 313 g/mol. The summed E-state index contributed by atoms with van der Waals surface area (Å²) in [4.78, 5) is 22.8. The van der Waals surface area contributed by atoms with Gasteiger partial charge in [-0.05, 0) is 51.0 Å². The van der Waals surface area contributed by atoms with Gasteiger partial charge in [0.25, 0.3) is 0 Å². The fraction of sp³-hybridized carbons (Fsp3) is 0.467. The van der Waals surface area contributed by atoms with Gasteiger partial charge in [-0.25, -0.2) is 0 Å². The fourth-order valence-corrected chi connectivity index (χ4v) is 1.72. The molecule has 0 fully saturated rings. The third kappa shape index (κ3) is 5.63. The van der Waals surface area contributed by atoms with Gasteiger partial charge >= 0.3 is 0 Å². The van der Waals surface area contributed by atoms with Crippen LogP contribution in [0.15, 0.2) is 18.2 Å². The first-order valence-electron chi connectivity index (χ1n) is 6.72. The van der Waals surface area contributed by atoms with E-state index in [2.05, 4.69) is 5.32 Å². The highest BCUT2D eigenvalue weighted by Gasteiger charge is 2.26. The molecular formula is C15H21ClN2O3. The van der Waals surface area contributed by atoms with Gasteiger partial charge in [0.05, 0.1) is 6.61 Å². The molecule has 0 radical (unpaired) electrons. The maximum atomic E-state index is 11.7. The van der Waals surface area contributed by atoms with Gasteiger partial charge in [0.1, 0.15) is 11.3 Å². The molecule has 0 heterocycles. The number of nitrogens with two attached hydrogens (primary N) is 1. The molecule has 0 unspecified atom stereocenters. The zero-order valence-corrected chi connectivity index (χ0v) is 13.3. The molecule has 5 nitrogen and oxygen atoms in total. The van der Waals surface area contributed by atoms with E-state index in [1.165, 1.54) is 0 Å². The lowest BCUT2D eigenvalue weighted by molar-refractivity contribution is -0.130. The van der Waals surface area contributed by atoms with E-state index >= 15 is 0 Å². The number of hydrogen-bond donors (Lipinski definition) is 2. The number of carbonyl (C=O) groups excluding carboxylic acids is 2. The van der Waals surface area contributed by atoms with E-state index in [1.807, 2.05) is 13.0 Å². The van der Waals surface area contributed by atoms with Crippen LogP contribution in [0.5, 0.6) is 5.75 Å². The minimum atomic E-state index is -1.04. The third-order valence-electron chi connectivity index (χ3n) is 3.01. The molecule has 0 aliphatic rings. The molecule has 0 spiro atoms. The summed E-state index contributed by atoms with van der Waals surface area (Å²) in [6.45, 7) is 5.44. The summed E-state index contributed by atoms with van der Waals surface area (Å²) in [5, 5.41) is 3.27. The molecule has 0 aliphatic carbocycles. The van der Waals surface area contributed by atoms with Crippen molar-refractivity contribution < 1.29 is 14.3 Å². The fourth-order valence-electron chi connectivity index (χ4n) is 1.60. The zero-order valence-electron chi connectivity index (χ0n) is 12.5. The molecule has 3 N–H and O–H groups in total. The van der Waals surface area contributed by atoms with Gasteiger partial charge in [0, 0.05) is 11.4 Å². The van der Waals surface area contributed by atoms with Crippen LogP contribution >= 0.6 is 11.6 Å². The molecule has 2 amide bonds. The van der Waals surface area contributed by atoms with Crippen molar-refractivity contribution in [2.45, 2.75) is 39.2 Å². The van der Waals surface area contributed by atoms with Crippen molar-refractivity contribution in [3.05, 3.63) is 28.8 Å². The van der Waals surface area contributed by atoms with Crippen molar-refractivity contribution in [1.29, 1.82) is 0 Å². The van der Waals surface area contributed by atoms with E-state index in [9.17, 15) is 9.59 Å². The summed E-state index contributed by atoms with van der Waals surface area (Å²) in [5.41, 5.74) is 5.09. The normalized spacial score (nSPS) is 11.0. The predicted octanol–water partition coefficient (Wildman–Crippen LogP) is 2.19. The Morgan fingerprint density at radius 2 is 2.05 bits per heavy atom. The number of rotatable bonds is 7. The van der Waals surface area contributed by atoms with Crippen LogP contribution in [-0.2, 0) is 9.59 Å². The molecule has 6 heteroatoms. The third-order valence-corrected chi connectivity index (χ3v) is 3.44. The lowest BCUT2D eigenvalue weighted by Gasteiger charge is -2.22. The summed E-state index contributed by atoms with van der Waals surface area (Å²) >= 11 is 5.92. The monoisotopic (exact) mass is 312 g/mol. The summed E-state index contributed by atoms with van der Waals surface area (Å²) in [7, 11) is 0. The number of benzene rings is 1. The largest absolute Gasteiger partial charge is 0.494 e. The van der Waals surface area contributed by atoms with Crippen LogP contribution in [0.25, 0.3) is 0 Å². The molecule has 1 rings (SSSR count). The minimum absolute atomic E-state index is 0.227.